The molecule has 1 fully saturated rings. The van der Waals surface area contributed by atoms with Crippen LogP contribution in [0.3, 0.4) is 0 Å². The number of piperidine rings is 1. The van der Waals surface area contributed by atoms with Crippen LogP contribution in [0.4, 0.5) is 0 Å². The Morgan fingerprint density at radius 2 is 2.00 bits per heavy atom. The third kappa shape index (κ3) is 3.04. The minimum Gasteiger partial charge on any atom is -0.345 e. The molecule has 18 heavy (non-hydrogen) atoms. The highest BCUT2D eigenvalue weighted by Crippen LogP contribution is 2.21. The number of aryl methyl sites for hydroxylation is 1. The van der Waals surface area contributed by atoms with Gasteiger partial charge in [-0.2, -0.15) is 5.10 Å². The SMILES string of the molecule is Cc1ccc(C(=O)NC2(C)CCN(C)CC2)nn1. The van der Waals surface area contributed by atoms with Crippen molar-refractivity contribution in [1.29, 1.82) is 0 Å². The molecule has 0 atom stereocenters. The van der Waals surface area contributed by atoms with Gasteiger partial charge in [-0.3, -0.25) is 4.79 Å². The third-order valence-electron chi connectivity index (χ3n) is 3.54. The molecule has 0 aliphatic carbocycles. The van der Waals surface area contributed by atoms with E-state index in [9.17, 15) is 4.79 Å². The fraction of sp³-hybridized carbons (Fsp3) is 0.615. The Bertz CT molecular complexity index is 421. The molecule has 1 aromatic heterocycles. The lowest BCUT2D eigenvalue weighted by Gasteiger charge is -2.38. The lowest BCUT2D eigenvalue weighted by atomic mass is 9.89. The van der Waals surface area contributed by atoms with E-state index >= 15 is 0 Å². The van der Waals surface area contributed by atoms with Gasteiger partial charge >= 0.3 is 0 Å². The second-order valence-electron chi connectivity index (χ2n) is 5.38. The molecular weight excluding hydrogens is 228 g/mol. The number of rotatable bonds is 2. The van der Waals surface area contributed by atoms with Crippen LogP contribution in [0.25, 0.3) is 0 Å². The Labute approximate surface area is 108 Å². The zero-order valence-corrected chi connectivity index (χ0v) is 11.2. The van der Waals surface area contributed by atoms with Crippen molar-refractivity contribution in [2.45, 2.75) is 32.2 Å². The normalized spacial score (nSPS) is 19.5. The summed E-state index contributed by atoms with van der Waals surface area (Å²) < 4.78 is 0. The van der Waals surface area contributed by atoms with Gasteiger partial charge in [-0.25, -0.2) is 0 Å². The average Bonchev–Trinajstić information content (AvgIpc) is 2.34. The number of amides is 1. The quantitative estimate of drug-likeness (QED) is 0.848. The van der Waals surface area contributed by atoms with Gasteiger partial charge in [0.1, 0.15) is 0 Å². The van der Waals surface area contributed by atoms with Crippen molar-refractivity contribution in [3.05, 3.63) is 23.5 Å². The Hall–Kier alpha value is -1.49. The molecule has 2 rings (SSSR count). The summed E-state index contributed by atoms with van der Waals surface area (Å²) >= 11 is 0. The molecule has 98 valence electrons. The Morgan fingerprint density at radius 1 is 1.33 bits per heavy atom. The predicted molar refractivity (Wildman–Crippen MR) is 69.4 cm³/mol. The molecule has 0 saturated carbocycles. The molecule has 1 aliphatic rings. The van der Waals surface area contributed by atoms with Crippen molar-refractivity contribution in [2.24, 2.45) is 0 Å². The lowest BCUT2D eigenvalue weighted by molar-refractivity contribution is 0.0845. The van der Waals surface area contributed by atoms with Crippen LogP contribution in [-0.2, 0) is 0 Å². The fourth-order valence-electron chi connectivity index (χ4n) is 2.10. The van der Waals surface area contributed by atoms with E-state index in [0.717, 1.165) is 31.6 Å². The van der Waals surface area contributed by atoms with Gasteiger partial charge in [-0.15, -0.1) is 5.10 Å². The van der Waals surface area contributed by atoms with Crippen molar-refractivity contribution in [1.82, 2.24) is 20.4 Å². The fourth-order valence-corrected chi connectivity index (χ4v) is 2.10. The molecule has 5 nitrogen and oxygen atoms in total. The largest absolute Gasteiger partial charge is 0.345 e. The maximum absolute atomic E-state index is 12.1. The minimum absolute atomic E-state index is 0.129. The van der Waals surface area contributed by atoms with Gasteiger partial charge in [0, 0.05) is 18.6 Å². The maximum Gasteiger partial charge on any atom is 0.272 e. The van der Waals surface area contributed by atoms with Crippen LogP contribution in [0, 0.1) is 6.92 Å². The van der Waals surface area contributed by atoms with Gasteiger partial charge in [-0.1, -0.05) is 0 Å². The number of hydrogen-bond acceptors (Lipinski definition) is 4. The number of carbonyl (C=O) groups excluding carboxylic acids is 1. The second kappa shape index (κ2) is 5.02. The number of nitrogens with zero attached hydrogens (tertiary/aromatic N) is 3. The highest BCUT2D eigenvalue weighted by molar-refractivity contribution is 5.92. The van der Waals surface area contributed by atoms with Crippen LogP contribution in [0.15, 0.2) is 12.1 Å². The van der Waals surface area contributed by atoms with Crippen molar-refractivity contribution in [3.8, 4) is 0 Å². The minimum atomic E-state index is -0.130. The molecule has 0 spiro atoms. The highest BCUT2D eigenvalue weighted by Gasteiger charge is 2.30. The molecule has 1 saturated heterocycles. The van der Waals surface area contributed by atoms with Crippen molar-refractivity contribution in [3.63, 3.8) is 0 Å². The first-order chi connectivity index (χ1) is 8.48. The van der Waals surface area contributed by atoms with Gasteiger partial charge in [0.25, 0.3) is 5.91 Å². The standard InChI is InChI=1S/C13H20N4O/c1-10-4-5-11(16-15-10)12(18)14-13(2)6-8-17(3)9-7-13/h4-5H,6-9H2,1-3H3,(H,14,18). The van der Waals surface area contributed by atoms with Crippen LogP contribution in [-0.4, -0.2) is 46.7 Å². The topological polar surface area (TPSA) is 58.1 Å². The molecule has 1 amide bonds. The number of aromatic nitrogens is 2. The highest BCUT2D eigenvalue weighted by atomic mass is 16.2. The number of hydrogen-bond donors (Lipinski definition) is 1. The van der Waals surface area contributed by atoms with E-state index in [2.05, 4.69) is 34.4 Å². The summed E-state index contributed by atoms with van der Waals surface area (Å²) in [7, 11) is 2.10. The summed E-state index contributed by atoms with van der Waals surface area (Å²) in [4.78, 5) is 14.4. The molecule has 0 radical (unpaired) electrons. The zero-order chi connectivity index (χ0) is 13.2. The molecule has 1 N–H and O–H groups in total. The Balaban J connectivity index is 2.00. The number of carbonyl (C=O) groups is 1. The first-order valence-electron chi connectivity index (χ1n) is 6.30. The molecule has 2 heterocycles. The van der Waals surface area contributed by atoms with Gasteiger partial charge in [-0.05, 0) is 45.9 Å². The average molecular weight is 248 g/mol. The summed E-state index contributed by atoms with van der Waals surface area (Å²) in [6, 6.07) is 3.52. The van der Waals surface area contributed by atoms with Crippen LogP contribution in [0.2, 0.25) is 0 Å². The molecule has 0 unspecified atom stereocenters. The molecule has 1 aromatic rings. The summed E-state index contributed by atoms with van der Waals surface area (Å²) in [6.07, 6.45) is 1.93. The third-order valence-corrected chi connectivity index (χ3v) is 3.54. The zero-order valence-electron chi connectivity index (χ0n) is 11.2. The van der Waals surface area contributed by atoms with E-state index in [4.69, 9.17) is 0 Å². The maximum atomic E-state index is 12.1. The summed E-state index contributed by atoms with van der Waals surface area (Å²) in [5.41, 5.74) is 1.08. The first kappa shape index (κ1) is 13.0. The van der Waals surface area contributed by atoms with Gasteiger partial charge in [0.2, 0.25) is 0 Å². The predicted octanol–water partition coefficient (Wildman–Crippen LogP) is 0.999. The van der Waals surface area contributed by atoms with E-state index in [-0.39, 0.29) is 11.4 Å². The van der Waals surface area contributed by atoms with Gasteiger partial charge in [0.15, 0.2) is 5.69 Å². The second-order valence-corrected chi connectivity index (χ2v) is 5.38. The summed E-state index contributed by atoms with van der Waals surface area (Å²) in [5, 5.41) is 10.9. The number of likely N-dealkylation sites (tertiary alicyclic amines) is 1. The molecule has 0 bridgehead atoms. The van der Waals surface area contributed by atoms with E-state index in [1.165, 1.54) is 0 Å². The summed E-state index contributed by atoms with van der Waals surface area (Å²) in [5.74, 6) is -0.130. The summed E-state index contributed by atoms with van der Waals surface area (Å²) in [6.45, 7) is 5.97. The van der Waals surface area contributed by atoms with Crippen molar-refractivity contribution < 1.29 is 4.79 Å². The van der Waals surface area contributed by atoms with E-state index in [1.807, 2.05) is 6.92 Å². The van der Waals surface area contributed by atoms with Crippen LogP contribution in [0.5, 0.6) is 0 Å². The molecular formula is C13H20N4O. The van der Waals surface area contributed by atoms with E-state index in [0.29, 0.717) is 5.69 Å². The van der Waals surface area contributed by atoms with E-state index < -0.39 is 0 Å². The van der Waals surface area contributed by atoms with Crippen LogP contribution in [0.1, 0.15) is 35.9 Å². The smallest absolute Gasteiger partial charge is 0.272 e. The van der Waals surface area contributed by atoms with Gasteiger partial charge in [0.05, 0.1) is 5.69 Å². The van der Waals surface area contributed by atoms with Crippen LogP contribution >= 0.6 is 0 Å². The lowest BCUT2D eigenvalue weighted by Crippen LogP contribution is -2.52. The molecule has 5 heteroatoms. The van der Waals surface area contributed by atoms with Crippen molar-refractivity contribution >= 4 is 5.91 Å². The first-order valence-corrected chi connectivity index (χ1v) is 6.30. The van der Waals surface area contributed by atoms with Crippen molar-refractivity contribution in [2.75, 3.05) is 20.1 Å². The number of nitrogens with one attached hydrogen (secondary N) is 1. The monoisotopic (exact) mass is 248 g/mol. The van der Waals surface area contributed by atoms with Crippen LogP contribution < -0.4 is 5.32 Å². The molecule has 0 aromatic carbocycles. The van der Waals surface area contributed by atoms with Gasteiger partial charge < -0.3 is 10.2 Å². The van der Waals surface area contributed by atoms with E-state index in [1.54, 1.807) is 12.1 Å². The molecule has 1 aliphatic heterocycles. The Morgan fingerprint density at radius 3 is 2.56 bits per heavy atom. The Kier molecular flexibility index (Phi) is 3.61.